The van der Waals surface area contributed by atoms with Crippen molar-refractivity contribution in [1.29, 1.82) is 5.26 Å². The molecule has 0 saturated carbocycles. The van der Waals surface area contributed by atoms with E-state index in [1.807, 2.05) is 12.4 Å². The fraction of sp³-hybridized carbons (Fsp3) is 0.556. The first-order chi connectivity index (χ1) is 5.86. The summed E-state index contributed by atoms with van der Waals surface area (Å²) in [5.74, 6) is 0. The minimum absolute atomic E-state index is 0.643. The monoisotopic (exact) mass is 164 g/mol. The minimum atomic E-state index is 0.643. The summed E-state index contributed by atoms with van der Waals surface area (Å²) in [7, 11) is 0. The van der Waals surface area contributed by atoms with Gasteiger partial charge in [-0.25, -0.2) is 9.13 Å². The second-order valence-electron chi connectivity index (χ2n) is 2.74. The van der Waals surface area contributed by atoms with Crippen molar-refractivity contribution >= 4 is 0 Å². The van der Waals surface area contributed by atoms with Crippen molar-refractivity contribution in [3.05, 3.63) is 18.7 Å². The summed E-state index contributed by atoms with van der Waals surface area (Å²) in [6.45, 7) is 4.06. The van der Waals surface area contributed by atoms with Gasteiger partial charge in [-0.3, -0.25) is 0 Å². The Bertz CT molecular complexity index is 270. The van der Waals surface area contributed by atoms with E-state index in [-0.39, 0.29) is 0 Å². The van der Waals surface area contributed by atoms with E-state index in [0.29, 0.717) is 6.42 Å². The molecular formula is C9H14N3+. The van der Waals surface area contributed by atoms with E-state index in [1.165, 1.54) is 0 Å². The molecule has 0 fully saturated rings. The Morgan fingerprint density at radius 1 is 1.58 bits per heavy atom. The van der Waals surface area contributed by atoms with Crippen LogP contribution in [0, 0.1) is 11.3 Å². The highest BCUT2D eigenvalue weighted by molar-refractivity contribution is 4.67. The number of aryl methyl sites for hydroxylation is 2. The van der Waals surface area contributed by atoms with E-state index in [0.717, 1.165) is 19.5 Å². The van der Waals surface area contributed by atoms with Crippen LogP contribution in [0.5, 0.6) is 0 Å². The van der Waals surface area contributed by atoms with Crippen LogP contribution in [0.15, 0.2) is 18.7 Å². The van der Waals surface area contributed by atoms with Crippen LogP contribution in [0.2, 0.25) is 0 Å². The first-order valence-electron chi connectivity index (χ1n) is 4.28. The predicted molar refractivity (Wildman–Crippen MR) is 45.1 cm³/mol. The molecule has 0 saturated heterocycles. The van der Waals surface area contributed by atoms with E-state index in [9.17, 15) is 0 Å². The van der Waals surface area contributed by atoms with Crippen LogP contribution < -0.4 is 4.57 Å². The van der Waals surface area contributed by atoms with E-state index in [1.54, 1.807) is 0 Å². The first-order valence-corrected chi connectivity index (χ1v) is 4.28. The molecule has 64 valence electrons. The Hall–Kier alpha value is -1.30. The maximum Gasteiger partial charge on any atom is 0.243 e. The van der Waals surface area contributed by atoms with Crippen molar-refractivity contribution < 1.29 is 4.57 Å². The van der Waals surface area contributed by atoms with Crippen LogP contribution in [0.4, 0.5) is 0 Å². The molecule has 0 N–H and O–H groups in total. The lowest BCUT2D eigenvalue weighted by Crippen LogP contribution is -2.30. The number of imidazole rings is 1. The lowest BCUT2D eigenvalue weighted by atomic mass is 10.3. The fourth-order valence-corrected chi connectivity index (χ4v) is 1.10. The van der Waals surface area contributed by atoms with Gasteiger partial charge in [-0.15, -0.1) is 0 Å². The second-order valence-corrected chi connectivity index (χ2v) is 2.74. The molecule has 0 atom stereocenters. The van der Waals surface area contributed by atoms with Crippen molar-refractivity contribution in [3.8, 4) is 6.07 Å². The van der Waals surface area contributed by atoms with Gasteiger partial charge in [0.05, 0.1) is 19.2 Å². The van der Waals surface area contributed by atoms with Gasteiger partial charge in [-0.05, 0) is 13.3 Å². The minimum Gasteiger partial charge on any atom is -0.237 e. The summed E-state index contributed by atoms with van der Waals surface area (Å²) in [5, 5.41) is 8.33. The van der Waals surface area contributed by atoms with Gasteiger partial charge < -0.3 is 0 Å². The summed E-state index contributed by atoms with van der Waals surface area (Å²) in [5.41, 5.74) is 0. The van der Waals surface area contributed by atoms with Gasteiger partial charge in [0.2, 0.25) is 6.33 Å². The Balaban J connectivity index is 2.37. The average Bonchev–Trinajstić information content (AvgIpc) is 2.53. The predicted octanol–water partition coefficient (Wildman–Crippen LogP) is 1.10. The lowest BCUT2D eigenvalue weighted by Gasteiger charge is -1.90. The number of hydrogen-bond acceptors (Lipinski definition) is 1. The first kappa shape index (κ1) is 8.79. The smallest absolute Gasteiger partial charge is 0.237 e. The molecular weight excluding hydrogens is 150 g/mol. The third kappa shape index (κ3) is 2.39. The maximum absolute atomic E-state index is 8.33. The molecule has 0 radical (unpaired) electrons. The molecule has 0 unspecified atom stereocenters. The molecule has 1 aromatic heterocycles. The Morgan fingerprint density at radius 2 is 2.42 bits per heavy atom. The van der Waals surface area contributed by atoms with Crippen molar-refractivity contribution in [2.45, 2.75) is 32.9 Å². The van der Waals surface area contributed by atoms with Gasteiger partial charge in [-0.2, -0.15) is 5.26 Å². The third-order valence-electron chi connectivity index (χ3n) is 1.82. The normalized spacial score (nSPS) is 9.67. The molecule has 1 heterocycles. The van der Waals surface area contributed by atoms with E-state index < -0.39 is 0 Å². The quantitative estimate of drug-likeness (QED) is 0.484. The third-order valence-corrected chi connectivity index (χ3v) is 1.82. The van der Waals surface area contributed by atoms with Gasteiger partial charge in [0.15, 0.2) is 0 Å². The zero-order chi connectivity index (χ0) is 8.81. The van der Waals surface area contributed by atoms with Gasteiger partial charge in [0.1, 0.15) is 12.4 Å². The molecule has 0 aliphatic heterocycles. The van der Waals surface area contributed by atoms with Crippen LogP contribution >= 0.6 is 0 Å². The molecule has 1 rings (SSSR count). The van der Waals surface area contributed by atoms with Crippen LogP contribution in [-0.4, -0.2) is 4.57 Å². The number of rotatable bonds is 4. The largest absolute Gasteiger partial charge is 0.243 e. The van der Waals surface area contributed by atoms with Gasteiger partial charge in [0, 0.05) is 6.42 Å². The lowest BCUT2D eigenvalue weighted by molar-refractivity contribution is -0.696. The van der Waals surface area contributed by atoms with E-state index in [4.69, 9.17) is 5.26 Å². The number of nitriles is 1. The molecule has 0 aromatic carbocycles. The summed E-state index contributed by atoms with van der Waals surface area (Å²) in [4.78, 5) is 0. The summed E-state index contributed by atoms with van der Waals surface area (Å²) >= 11 is 0. The van der Waals surface area contributed by atoms with Gasteiger partial charge >= 0.3 is 0 Å². The van der Waals surface area contributed by atoms with Crippen LogP contribution in [0.3, 0.4) is 0 Å². The SMILES string of the molecule is CCn1cc[n+](CCCC#N)c1. The van der Waals surface area contributed by atoms with Gasteiger partial charge in [-0.1, -0.05) is 0 Å². The Morgan fingerprint density at radius 3 is 3.00 bits per heavy atom. The van der Waals surface area contributed by atoms with Crippen LogP contribution in [0.1, 0.15) is 19.8 Å². The zero-order valence-corrected chi connectivity index (χ0v) is 7.40. The number of aromatic nitrogens is 2. The molecule has 12 heavy (non-hydrogen) atoms. The van der Waals surface area contributed by atoms with E-state index >= 15 is 0 Å². The summed E-state index contributed by atoms with van der Waals surface area (Å²) in [6, 6.07) is 2.14. The van der Waals surface area contributed by atoms with Gasteiger partial charge in [0.25, 0.3) is 0 Å². The fourth-order valence-electron chi connectivity index (χ4n) is 1.10. The highest BCUT2D eigenvalue weighted by Gasteiger charge is 1.99. The molecule has 3 heteroatoms. The van der Waals surface area contributed by atoms with E-state index in [2.05, 4.69) is 28.5 Å². The highest BCUT2D eigenvalue weighted by Crippen LogP contribution is 1.88. The molecule has 0 amide bonds. The number of nitrogens with zero attached hydrogens (tertiary/aromatic N) is 3. The molecule has 0 aliphatic carbocycles. The molecule has 3 nitrogen and oxygen atoms in total. The topological polar surface area (TPSA) is 32.6 Å². The van der Waals surface area contributed by atoms with Crippen molar-refractivity contribution in [2.24, 2.45) is 0 Å². The Labute approximate surface area is 72.9 Å². The van der Waals surface area contributed by atoms with Crippen LogP contribution in [-0.2, 0) is 13.1 Å². The molecule has 0 aliphatic rings. The maximum atomic E-state index is 8.33. The number of hydrogen-bond donors (Lipinski definition) is 0. The zero-order valence-electron chi connectivity index (χ0n) is 7.40. The van der Waals surface area contributed by atoms with Crippen molar-refractivity contribution in [1.82, 2.24) is 4.57 Å². The standard InChI is InChI=1S/C9H14N3/c1-2-11-7-8-12(9-11)6-4-3-5-10/h7-9H,2-4,6H2,1H3/q+1. The highest BCUT2D eigenvalue weighted by atomic mass is 15.1. The molecule has 0 bridgehead atoms. The van der Waals surface area contributed by atoms with Crippen LogP contribution in [0.25, 0.3) is 0 Å². The Kier molecular flexibility index (Phi) is 3.34. The summed E-state index contributed by atoms with van der Waals surface area (Å²) < 4.78 is 4.23. The molecule has 1 aromatic rings. The average molecular weight is 164 g/mol. The second kappa shape index (κ2) is 4.55. The number of unbranched alkanes of at least 4 members (excludes halogenated alkanes) is 1. The van der Waals surface area contributed by atoms with Crippen molar-refractivity contribution in [3.63, 3.8) is 0 Å². The molecule has 0 spiro atoms. The summed E-state index contributed by atoms with van der Waals surface area (Å²) in [6.07, 6.45) is 7.74. The van der Waals surface area contributed by atoms with Crippen molar-refractivity contribution in [2.75, 3.05) is 0 Å².